The van der Waals surface area contributed by atoms with E-state index in [1.807, 2.05) is 42.5 Å². The Morgan fingerprint density at radius 1 is 1.13 bits per heavy atom. The normalized spacial score (nSPS) is 14.6. The number of benzene rings is 3. The van der Waals surface area contributed by atoms with Crippen LogP contribution in [0.3, 0.4) is 0 Å². The largest absolute Gasteiger partial charge is 0.490 e. The van der Waals surface area contributed by atoms with Gasteiger partial charge in [0.15, 0.2) is 0 Å². The van der Waals surface area contributed by atoms with Crippen LogP contribution in [0.25, 0.3) is 28.1 Å². The first-order chi connectivity index (χ1) is 19.0. The molecule has 2 heterocycles. The maximum Gasteiger partial charge on any atom is 0.241 e. The van der Waals surface area contributed by atoms with Crippen molar-refractivity contribution in [2.75, 3.05) is 31.6 Å². The van der Waals surface area contributed by atoms with Gasteiger partial charge in [0.1, 0.15) is 24.3 Å². The van der Waals surface area contributed by atoms with Crippen LogP contribution >= 0.6 is 0 Å². The van der Waals surface area contributed by atoms with E-state index in [9.17, 15) is 13.6 Å². The number of para-hydroxylation sites is 1. The first-order valence-corrected chi connectivity index (χ1v) is 12.8. The Morgan fingerprint density at radius 2 is 1.95 bits per heavy atom. The van der Waals surface area contributed by atoms with Crippen molar-refractivity contribution < 1.29 is 18.3 Å². The Bertz CT molecular complexity index is 1500. The molecule has 3 N–H and O–H groups in total. The van der Waals surface area contributed by atoms with Crippen LogP contribution in [0.2, 0.25) is 0 Å². The number of alkyl halides is 1. The molecule has 0 unspecified atom stereocenters. The van der Waals surface area contributed by atoms with Crippen LogP contribution in [0.5, 0.6) is 5.75 Å². The molecule has 1 saturated heterocycles. The predicted octanol–water partition coefficient (Wildman–Crippen LogP) is 5.49. The van der Waals surface area contributed by atoms with Crippen molar-refractivity contribution in [3.05, 3.63) is 84.3 Å². The molecule has 200 valence electrons. The fourth-order valence-electron chi connectivity index (χ4n) is 4.69. The number of nitrogens with two attached hydrogens (primary N) is 1. The summed E-state index contributed by atoms with van der Waals surface area (Å²) in [4.78, 5) is 22.2. The average molecular weight is 530 g/mol. The molecule has 7 nitrogen and oxygen atoms in total. The van der Waals surface area contributed by atoms with E-state index in [0.29, 0.717) is 17.8 Å². The molecule has 5 rings (SSSR count). The second kappa shape index (κ2) is 12.0. The van der Waals surface area contributed by atoms with E-state index in [-0.39, 0.29) is 24.4 Å². The monoisotopic (exact) mass is 529 g/mol. The molecule has 1 amide bonds. The first-order valence-electron chi connectivity index (χ1n) is 12.8. The van der Waals surface area contributed by atoms with Gasteiger partial charge in [-0.25, -0.2) is 18.7 Å². The number of halogens is 2. The molecule has 0 spiro atoms. The number of nitrogens with one attached hydrogen (secondary N) is 1. The molecule has 1 aromatic heterocycles. The number of hydrogen-bond donors (Lipinski definition) is 2. The Hall–Kier alpha value is -4.37. The molecule has 4 aromatic rings. The van der Waals surface area contributed by atoms with Crippen LogP contribution in [0.15, 0.2) is 72.9 Å². The van der Waals surface area contributed by atoms with Crippen molar-refractivity contribution in [3.63, 3.8) is 0 Å². The zero-order valence-corrected chi connectivity index (χ0v) is 21.3. The summed E-state index contributed by atoms with van der Waals surface area (Å²) in [5.74, 6) is -0.286. The van der Waals surface area contributed by atoms with E-state index >= 15 is 0 Å². The highest BCUT2D eigenvalue weighted by Gasteiger charge is 2.20. The van der Waals surface area contributed by atoms with Gasteiger partial charge in [0.05, 0.1) is 11.2 Å². The highest BCUT2D eigenvalue weighted by Crippen LogP contribution is 2.30. The standard InChI is InChI=1S/C30H29F2N5O2/c31-13-16-37-14-11-23(12-15-37)39-24-8-9-27(26(32)18-24)35-30-34-19-22-5-2-6-25(29(22)36-30)21-4-1-3-20(17-21)7-10-28(33)38/h1-10,17-19,23H,11-16H2,(H2,33,38)(H,34,35,36). The molecule has 0 bridgehead atoms. The molecular formula is C30H29F2N5O2. The van der Waals surface area contributed by atoms with Crippen molar-refractivity contribution in [3.8, 4) is 16.9 Å². The lowest BCUT2D eigenvalue weighted by atomic mass is 10.0. The number of hydrogen-bond acceptors (Lipinski definition) is 6. The van der Waals surface area contributed by atoms with Crippen LogP contribution in [-0.4, -0.2) is 53.2 Å². The van der Waals surface area contributed by atoms with Crippen LogP contribution in [0, 0.1) is 5.82 Å². The molecule has 3 aromatic carbocycles. The van der Waals surface area contributed by atoms with Crippen molar-refractivity contribution in [2.24, 2.45) is 5.73 Å². The molecular weight excluding hydrogens is 500 g/mol. The number of amides is 1. The fourth-order valence-corrected chi connectivity index (χ4v) is 4.69. The number of aromatic nitrogens is 2. The van der Waals surface area contributed by atoms with E-state index < -0.39 is 11.7 Å². The van der Waals surface area contributed by atoms with E-state index in [2.05, 4.69) is 20.2 Å². The van der Waals surface area contributed by atoms with E-state index in [4.69, 9.17) is 10.5 Å². The Morgan fingerprint density at radius 3 is 2.72 bits per heavy atom. The molecule has 0 radical (unpaired) electrons. The van der Waals surface area contributed by atoms with Crippen molar-refractivity contribution in [1.29, 1.82) is 0 Å². The fraction of sp³-hybridized carbons (Fsp3) is 0.233. The highest BCUT2D eigenvalue weighted by molar-refractivity contribution is 5.95. The number of piperidine rings is 1. The Labute approximate surface area is 225 Å². The number of ether oxygens (including phenoxy) is 1. The number of anilines is 2. The maximum absolute atomic E-state index is 15.0. The summed E-state index contributed by atoms with van der Waals surface area (Å²) in [7, 11) is 0. The average Bonchev–Trinajstić information content (AvgIpc) is 2.94. The zero-order valence-electron chi connectivity index (χ0n) is 21.3. The Balaban J connectivity index is 1.33. The maximum atomic E-state index is 15.0. The van der Waals surface area contributed by atoms with Gasteiger partial charge in [-0.2, -0.15) is 0 Å². The number of likely N-dealkylation sites (tertiary alicyclic amines) is 1. The number of fused-ring (bicyclic) bond motifs is 1. The smallest absolute Gasteiger partial charge is 0.241 e. The lowest BCUT2D eigenvalue weighted by Crippen LogP contribution is -2.39. The van der Waals surface area contributed by atoms with Gasteiger partial charge in [0.25, 0.3) is 0 Å². The van der Waals surface area contributed by atoms with Crippen molar-refractivity contribution in [1.82, 2.24) is 14.9 Å². The van der Waals surface area contributed by atoms with Gasteiger partial charge in [0, 0.05) is 48.9 Å². The van der Waals surface area contributed by atoms with Crippen LogP contribution in [0.1, 0.15) is 18.4 Å². The topological polar surface area (TPSA) is 93.4 Å². The van der Waals surface area contributed by atoms with E-state index in [1.165, 1.54) is 12.1 Å². The summed E-state index contributed by atoms with van der Waals surface area (Å²) in [6.07, 6.45) is 6.19. The highest BCUT2D eigenvalue weighted by atomic mass is 19.1. The molecule has 9 heteroatoms. The molecule has 1 fully saturated rings. The van der Waals surface area contributed by atoms with E-state index in [1.54, 1.807) is 24.4 Å². The summed E-state index contributed by atoms with van der Waals surface area (Å²) in [6.45, 7) is 1.64. The van der Waals surface area contributed by atoms with Gasteiger partial charge in [-0.1, -0.05) is 36.4 Å². The second-order valence-corrected chi connectivity index (χ2v) is 9.41. The van der Waals surface area contributed by atoms with Crippen LogP contribution in [-0.2, 0) is 4.79 Å². The predicted molar refractivity (Wildman–Crippen MR) is 149 cm³/mol. The minimum absolute atomic E-state index is 0.0221. The number of rotatable bonds is 9. The summed E-state index contributed by atoms with van der Waals surface area (Å²) in [5, 5.41) is 3.81. The van der Waals surface area contributed by atoms with Crippen molar-refractivity contribution >= 4 is 34.5 Å². The third kappa shape index (κ3) is 6.56. The lowest BCUT2D eigenvalue weighted by molar-refractivity contribution is -0.113. The van der Waals surface area contributed by atoms with Gasteiger partial charge in [-0.05, 0) is 48.2 Å². The van der Waals surface area contributed by atoms with E-state index in [0.717, 1.165) is 48.0 Å². The minimum Gasteiger partial charge on any atom is -0.490 e. The number of carbonyl (C=O) groups is 1. The van der Waals surface area contributed by atoms with Crippen molar-refractivity contribution in [2.45, 2.75) is 18.9 Å². The molecule has 0 atom stereocenters. The van der Waals surface area contributed by atoms with Gasteiger partial charge in [-0.15, -0.1) is 0 Å². The SMILES string of the molecule is NC(=O)C=Cc1cccc(-c2cccc3cnc(Nc4ccc(OC5CCN(CCF)CC5)cc4F)nc23)c1. The number of primary amides is 1. The number of carbonyl (C=O) groups excluding carboxylic acids is 1. The molecule has 0 aliphatic carbocycles. The minimum atomic E-state index is -0.517. The summed E-state index contributed by atoms with van der Waals surface area (Å²) in [6, 6.07) is 18.1. The second-order valence-electron chi connectivity index (χ2n) is 9.41. The molecule has 1 aliphatic rings. The third-order valence-corrected chi connectivity index (χ3v) is 6.67. The van der Waals surface area contributed by atoms with Crippen LogP contribution in [0.4, 0.5) is 20.4 Å². The number of nitrogens with zero attached hydrogens (tertiary/aromatic N) is 3. The quantitative estimate of drug-likeness (QED) is 0.279. The van der Waals surface area contributed by atoms with Gasteiger partial charge < -0.3 is 20.7 Å². The molecule has 39 heavy (non-hydrogen) atoms. The first kappa shape index (κ1) is 26.2. The molecule has 1 aliphatic heterocycles. The third-order valence-electron chi connectivity index (χ3n) is 6.67. The Kier molecular flexibility index (Phi) is 8.07. The lowest BCUT2D eigenvalue weighted by Gasteiger charge is -2.31. The van der Waals surface area contributed by atoms with Crippen LogP contribution < -0.4 is 15.8 Å². The van der Waals surface area contributed by atoms with Gasteiger partial charge in [0.2, 0.25) is 11.9 Å². The molecule has 0 saturated carbocycles. The summed E-state index contributed by atoms with van der Waals surface area (Å²) >= 11 is 0. The summed E-state index contributed by atoms with van der Waals surface area (Å²) in [5.41, 5.74) is 8.75. The van der Waals surface area contributed by atoms with Gasteiger partial charge >= 0.3 is 0 Å². The van der Waals surface area contributed by atoms with Gasteiger partial charge in [-0.3, -0.25) is 4.79 Å². The summed E-state index contributed by atoms with van der Waals surface area (Å²) < 4.78 is 33.5. The zero-order chi connectivity index (χ0) is 27.2.